The molecule has 2 N–H and O–H groups in total. The summed E-state index contributed by atoms with van der Waals surface area (Å²) in [6, 6.07) is 5.87. The molecule has 2 fully saturated rings. The maximum atomic E-state index is 12.5. The summed E-state index contributed by atoms with van der Waals surface area (Å²) in [7, 11) is 1.58. The van der Waals surface area contributed by atoms with Gasteiger partial charge in [0.25, 0.3) is 6.01 Å². The maximum absolute atomic E-state index is 12.5. The van der Waals surface area contributed by atoms with Gasteiger partial charge in [-0.2, -0.15) is 0 Å². The molecule has 3 aromatic heterocycles. The van der Waals surface area contributed by atoms with Crippen molar-refractivity contribution >= 4 is 28.5 Å². The Morgan fingerprint density at radius 3 is 2.94 bits per heavy atom. The van der Waals surface area contributed by atoms with Crippen LogP contribution in [0.4, 0.5) is 15.9 Å². The van der Waals surface area contributed by atoms with Crippen LogP contribution in [0.25, 0.3) is 11.5 Å². The second-order valence-electron chi connectivity index (χ2n) is 8.71. The number of carbonyl (C=O) groups is 1. The van der Waals surface area contributed by atoms with Gasteiger partial charge in [0.1, 0.15) is 5.69 Å². The molecule has 0 saturated carbocycles. The van der Waals surface area contributed by atoms with E-state index in [9.17, 15) is 4.79 Å². The Morgan fingerprint density at radius 2 is 2.09 bits per heavy atom. The molecule has 2 atom stereocenters. The standard InChI is InChI=1S/C23H26N6O5S/c1-31-19-4-2-3-15(26-19)18-10-24-23(34-18)29-14-9-16-20(17(29)12-33-11-14)35-22(27-16)28-21(30)25-13-5-7-32-8-6-13/h2-4,10,13-14,17H,5-9,11-12H2,1H3,(H2,25,27,28,30)/t14-,17-/m0/s1. The molecule has 6 rings (SSSR count). The number of fused-ring (bicyclic) bond motifs is 4. The van der Waals surface area contributed by atoms with Crippen LogP contribution in [0.1, 0.15) is 29.5 Å². The molecule has 35 heavy (non-hydrogen) atoms. The summed E-state index contributed by atoms with van der Waals surface area (Å²) in [5.74, 6) is 1.08. The van der Waals surface area contributed by atoms with Gasteiger partial charge in [0.15, 0.2) is 10.9 Å². The van der Waals surface area contributed by atoms with Gasteiger partial charge in [-0.1, -0.05) is 17.4 Å². The normalized spacial score (nSPS) is 21.9. The molecular formula is C23H26N6O5S. The molecule has 0 radical (unpaired) electrons. The van der Waals surface area contributed by atoms with Gasteiger partial charge in [-0.25, -0.2) is 19.7 Å². The Bertz CT molecular complexity index is 1210. The van der Waals surface area contributed by atoms with Crippen LogP contribution in [0.3, 0.4) is 0 Å². The van der Waals surface area contributed by atoms with E-state index in [1.54, 1.807) is 19.4 Å². The topological polar surface area (TPSA) is 124 Å². The van der Waals surface area contributed by atoms with Crippen LogP contribution in [0, 0.1) is 0 Å². The van der Waals surface area contributed by atoms with E-state index in [0.29, 0.717) is 61.3 Å². The Balaban J connectivity index is 1.21. The van der Waals surface area contributed by atoms with Crippen LogP contribution in [0.2, 0.25) is 0 Å². The van der Waals surface area contributed by atoms with E-state index in [4.69, 9.17) is 23.6 Å². The van der Waals surface area contributed by atoms with Crippen molar-refractivity contribution in [2.24, 2.45) is 0 Å². The number of oxazole rings is 1. The lowest BCUT2D eigenvalue weighted by atomic mass is 9.97. The van der Waals surface area contributed by atoms with Crippen LogP contribution in [0.15, 0.2) is 28.8 Å². The number of ether oxygens (including phenoxy) is 3. The van der Waals surface area contributed by atoms with Gasteiger partial charge < -0.3 is 28.8 Å². The first-order chi connectivity index (χ1) is 17.2. The molecule has 2 saturated heterocycles. The number of morpholine rings is 1. The molecule has 6 heterocycles. The summed E-state index contributed by atoms with van der Waals surface area (Å²) in [5.41, 5.74) is 1.65. The van der Waals surface area contributed by atoms with Crippen molar-refractivity contribution in [2.75, 3.05) is 43.8 Å². The largest absolute Gasteiger partial charge is 0.481 e. The molecule has 3 aliphatic heterocycles. The Morgan fingerprint density at radius 1 is 1.20 bits per heavy atom. The average Bonchev–Trinajstić information content (AvgIpc) is 3.51. The van der Waals surface area contributed by atoms with Crippen molar-refractivity contribution in [1.82, 2.24) is 20.3 Å². The Hall–Kier alpha value is -3.22. The highest BCUT2D eigenvalue weighted by atomic mass is 32.1. The number of nitrogens with one attached hydrogen (secondary N) is 2. The number of nitrogens with zero attached hydrogens (tertiary/aromatic N) is 4. The average molecular weight is 499 g/mol. The van der Waals surface area contributed by atoms with Crippen LogP contribution in [-0.2, 0) is 15.9 Å². The number of anilines is 2. The van der Waals surface area contributed by atoms with Gasteiger partial charge in [0, 0.05) is 31.7 Å². The number of hydrogen-bond donors (Lipinski definition) is 2. The zero-order valence-corrected chi connectivity index (χ0v) is 20.0. The number of methoxy groups -OCH3 is 1. The number of amides is 2. The van der Waals surface area contributed by atoms with E-state index in [0.717, 1.165) is 23.4 Å². The molecule has 0 aliphatic carbocycles. The zero-order chi connectivity index (χ0) is 23.8. The summed E-state index contributed by atoms with van der Waals surface area (Å²) in [6.07, 6.45) is 4.01. The number of rotatable bonds is 5. The number of urea groups is 1. The van der Waals surface area contributed by atoms with Crippen LogP contribution in [0.5, 0.6) is 5.88 Å². The first-order valence-corrected chi connectivity index (χ1v) is 12.5. The Kier molecular flexibility index (Phi) is 6.00. The van der Waals surface area contributed by atoms with E-state index < -0.39 is 0 Å². The molecule has 0 unspecified atom stereocenters. The third-order valence-electron chi connectivity index (χ3n) is 6.45. The highest BCUT2D eigenvalue weighted by Crippen LogP contribution is 2.43. The molecule has 3 aliphatic rings. The van der Waals surface area contributed by atoms with Crippen molar-refractivity contribution in [2.45, 2.75) is 37.4 Å². The lowest BCUT2D eigenvalue weighted by Crippen LogP contribution is -2.51. The minimum Gasteiger partial charge on any atom is -0.481 e. The summed E-state index contributed by atoms with van der Waals surface area (Å²) >= 11 is 1.47. The second kappa shape index (κ2) is 9.44. The first-order valence-electron chi connectivity index (χ1n) is 11.7. The number of aromatic nitrogens is 3. The third kappa shape index (κ3) is 4.44. The minimum atomic E-state index is -0.234. The van der Waals surface area contributed by atoms with Gasteiger partial charge in [-0.05, 0) is 18.9 Å². The maximum Gasteiger partial charge on any atom is 0.321 e. The van der Waals surface area contributed by atoms with E-state index in [-0.39, 0.29) is 24.2 Å². The van der Waals surface area contributed by atoms with E-state index in [1.165, 1.54) is 11.3 Å². The molecule has 0 aromatic carbocycles. The molecule has 3 aromatic rings. The van der Waals surface area contributed by atoms with Crippen molar-refractivity contribution in [3.05, 3.63) is 35.0 Å². The summed E-state index contributed by atoms with van der Waals surface area (Å²) in [5, 5.41) is 6.52. The molecule has 2 amide bonds. The van der Waals surface area contributed by atoms with Crippen molar-refractivity contribution in [3.63, 3.8) is 0 Å². The highest BCUT2D eigenvalue weighted by molar-refractivity contribution is 7.16. The second-order valence-corrected chi connectivity index (χ2v) is 9.74. The van der Waals surface area contributed by atoms with Gasteiger partial charge in [-0.15, -0.1) is 0 Å². The van der Waals surface area contributed by atoms with Gasteiger partial charge in [-0.3, -0.25) is 5.32 Å². The summed E-state index contributed by atoms with van der Waals surface area (Å²) in [4.78, 5) is 29.5. The van der Waals surface area contributed by atoms with Crippen LogP contribution >= 0.6 is 11.3 Å². The van der Waals surface area contributed by atoms with Gasteiger partial charge >= 0.3 is 6.03 Å². The summed E-state index contributed by atoms with van der Waals surface area (Å²) in [6.45, 7) is 2.39. The molecule has 184 valence electrons. The predicted octanol–water partition coefficient (Wildman–Crippen LogP) is 3.00. The van der Waals surface area contributed by atoms with Crippen LogP contribution < -0.4 is 20.3 Å². The molecule has 12 heteroatoms. The fraction of sp³-hybridized carbons (Fsp3) is 0.478. The van der Waals surface area contributed by atoms with Crippen LogP contribution in [-0.4, -0.2) is 66.6 Å². The zero-order valence-electron chi connectivity index (χ0n) is 19.2. The lowest BCUT2D eigenvalue weighted by Gasteiger charge is -2.43. The van der Waals surface area contributed by atoms with E-state index in [2.05, 4.69) is 25.5 Å². The van der Waals surface area contributed by atoms with Crippen molar-refractivity contribution < 1.29 is 23.4 Å². The third-order valence-corrected chi connectivity index (χ3v) is 7.57. The first kappa shape index (κ1) is 22.3. The SMILES string of the molecule is COc1cccc(-c2cnc(N3[C@@H]4COC[C@H]3c3sc(NC(=O)NC5CCOCC5)nc3C4)o2)n1. The Labute approximate surface area is 205 Å². The molecule has 2 bridgehead atoms. The number of carbonyl (C=O) groups excluding carboxylic acids is 1. The minimum absolute atomic E-state index is 0.0389. The monoisotopic (exact) mass is 498 g/mol. The quantitative estimate of drug-likeness (QED) is 0.546. The fourth-order valence-corrected chi connectivity index (χ4v) is 5.83. The van der Waals surface area contributed by atoms with Crippen molar-refractivity contribution in [1.29, 1.82) is 0 Å². The van der Waals surface area contributed by atoms with Crippen molar-refractivity contribution in [3.8, 4) is 17.3 Å². The summed E-state index contributed by atoms with van der Waals surface area (Å²) < 4.78 is 22.6. The fourth-order valence-electron chi connectivity index (χ4n) is 4.76. The number of pyridine rings is 1. The number of thiazole rings is 1. The van der Waals surface area contributed by atoms with Gasteiger partial charge in [0.05, 0.1) is 49.2 Å². The molecular weight excluding hydrogens is 472 g/mol. The predicted molar refractivity (Wildman–Crippen MR) is 128 cm³/mol. The lowest BCUT2D eigenvalue weighted by molar-refractivity contribution is 0.0578. The van der Waals surface area contributed by atoms with E-state index in [1.807, 2.05) is 12.1 Å². The highest BCUT2D eigenvalue weighted by Gasteiger charge is 2.43. The van der Waals surface area contributed by atoms with Gasteiger partial charge in [0.2, 0.25) is 5.88 Å². The van der Waals surface area contributed by atoms with E-state index >= 15 is 0 Å². The number of hydrogen-bond acceptors (Lipinski definition) is 10. The molecule has 11 nitrogen and oxygen atoms in total. The molecule has 0 spiro atoms. The smallest absolute Gasteiger partial charge is 0.321 e.